The second kappa shape index (κ2) is 8.70. The van der Waals surface area contributed by atoms with Gasteiger partial charge in [-0.25, -0.2) is 15.0 Å². The van der Waals surface area contributed by atoms with Crippen LogP contribution in [-0.4, -0.2) is 41.0 Å². The summed E-state index contributed by atoms with van der Waals surface area (Å²) in [5.74, 6) is 0.508. The predicted octanol–water partition coefficient (Wildman–Crippen LogP) is 5.28. The van der Waals surface area contributed by atoms with Crippen molar-refractivity contribution in [1.29, 1.82) is 0 Å². The van der Waals surface area contributed by atoms with Crippen molar-refractivity contribution in [2.45, 2.75) is 20.3 Å². The molecule has 6 aromatic rings. The van der Waals surface area contributed by atoms with E-state index in [4.69, 9.17) is 9.97 Å². The Morgan fingerprint density at radius 1 is 1.03 bits per heavy atom. The molecule has 1 aromatic carbocycles. The summed E-state index contributed by atoms with van der Waals surface area (Å²) in [6, 6.07) is 16.0. The zero-order valence-corrected chi connectivity index (χ0v) is 19.7. The highest BCUT2D eigenvalue weighted by atomic mass is 16.1. The van der Waals surface area contributed by atoms with E-state index in [1.807, 2.05) is 30.3 Å². The lowest BCUT2D eigenvalue weighted by Crippen LogP contribution is -2.09. The fourth-order valence-electron chi connectivity index (χ4n) is 4.20. The SMILES string of the molecule is CCC(=O)Nc1cncc(-c2ccc3[nH]nc(-c4nc5nccc(-c6cccc(C)c6)c5[nH]4)c3n2)c1. The molecule has 5 aromatic heterocycles. The number of fused-ring (bicyclic) bond motifs is 2. The van der Waals surface area contributed by atoms with E-state index < -0.39 is 0 Å². The molecule has 0 fully saturated rings. The fourth-order valence-corrected chi connectivity index (χ4v) is 4.20. The topological polar surface area (TPSA) is 125 Å². The monoisotopic (exact) mass is 474 g/mol. The molecule has 5 heterocycles. The van der Waals surface area contributed by atoms with Gasteiger partial charge in [0.15, 0.2) is 17.2 Å². The van der Waals surface area contributed by atoms with Crippen LogP contribution in [0.3, 0.4) is 0 Å². The molecular weight excluding hydrogens is 452 g/mol. The maximum atomic E-state index is 11.8. The Kier molecular flexibility index (Phi) is 5.22. The predicted molar refractivity (Wildman–Crippen MR) is 139 cm³/mol. The van der Waals surface area contributed by atoms with E-state index in [2.05, 4.69) is 55.6 Å². The summed E-state index contributed by atoms with van der Waals surface area (Å²) in [5.41, 5.74) is 8.92. The van der Waals surface area contributed by atoms with Gasteiger partial charge in [-0.1, -0.05) is 36.8 Å². The number of nitrogens with one attached hydrogen (secondary N) is 3. The van der Waals surface area contributed by atoms with Gasteiger partial charge in [0.05, 0.1) is 28.6 Å². The second-order valence-corrected chi connectivity index (χ2v) is 8.54. The molecule has 0 unspecified atom stereocenters. The largest absolute Gasteiger partial charge is 0.335 e. The molecule has 0 radical (unpaired) electrons. The van der Waals surface area contributed by atoms with Crippen LogP contribution in [0.1, 0.15) is 18.9 Å². The summed E-state index contributed by atoms with van der Waals surface area (Å²) < 4.78 is 0. The highest BCUT2D eigenvalue weighted by molar-refractivity contribution is 5.95. The van der Waals surface area contributed by atoms with Gasteiger partial charge in [0, 0.05) is 29.9 Å². The highest BCUT2D eigenvalue weighted by Gasteiger charge is 2.17. The first kappa shape index (κ1) is 21.6. The maximum Gasteiger partial charge on any atom is 0.224 e. The normalized spacial score (nSPS) is 11.3. The molecule has 176 valence electrons. The van der Waals surface area contributed by atoms with Gasteiger partial charge >= 0.3 is 0 Å². The summed E-state index contributed by atoms with van der Waals surface area (Å²) in [4.78, 5) is 33.5. The van der Waals surface area contributed by atoms with Crippen LogP contribution in [-0.2, 0) is 4.79 Å². The summed E-state index contributed by atoms with van der Waals surface area (Å²) in [6.07, 6.45) is 5.49. The number of benzene rings is 1. The molecule has 0 aliphatic carbocycles. The molecule has 0 atom stereocenters. The lowest BCUT2D eigenvalue weighted by molar-refractivity contribution is -0.115. The minimum Gasteiger partial charge on any atom is -0.335 e. The van der Waals surface area contributed by atoms with Crippen molar-refractivity contribution in [3.63, 3.8) is 0 Å². The number of hydrogen-bond acceptors (Lipinski definition) is 6. The van der Waals surface area contributed by atoms with Crippen LogP contribution >= 0.6 is 0 Å². The third-order valence-corrected chi connectivity index (χ3v) is 5.99. The van der Waals surface area contributed by atoms with Gasteiger partial charge in [-0.3, -0.25) is 14.9 Å². The molecule has 0 spiro atoms. The lowest BCUT2D eigenvalue weighted by Gasteiger charge is -2.06. The van der Waals surface area contributed by atoms with Crippen LogP contribution in [0.4, 0.5) is 5.69 Å². The van der Waals surface area contributed by atoms with Crippen LogP contribution in [0.5, 0.6) is 0 Å². The van der Waals surface area contributed by atoms with Crippen LogP contribution in [0.15, 0.2) is 67.1 Å². The third kappa shape index (κ3) is 3.86. The van der Waals surface area contributed by atoms with Crippen molar-refractivity contribution in [2.75, 3.05) is 5.32 Å². The molecule has 9 nitrogen and oxygen atoms in total. The lowest BCUT2D eigenvalue weighted by atomic mass is 10.0. The first-order valence-corrected chi connectivity index (χ1v) is 11.6. The van der Waals surface area contributed by atoms with Gasteiger partial charge in [0.25, 0.3) is 0 Å². The zero-order valence-electron chi connectivity index (χ0n) is 19.7. The van der Waals surface area contributed by atoms with Crippen LogP contribution < -0.4 is 5.32 Å². The number of carbonyl (C=O) groups excluding carboxylic acids is 1. The number of nitrogens with zero attached hydrogens (tertiary/aromatic N) is 5. The third-order valence-electron chi connectivity index (χ3n) is 5.99. The Morgan fingerprint density at radius 3 is 2.81 bits per heavy atom. The number of H-pyrrole nitrogens is 2. The number of rotatable bonds is 5. The first-order chi connectivity index (χ1) is 17.6. The zero-order chi connectivity index (χ0) is 24.6. The Hall–Kier alpha value is -4.92. The Morgan fingerprint density at radius 2 is 1.94 bits per heavy atom. The molecular formula is C27H22N8O. The molecule has 3 N–H and O–H groups in total. The van der Waals surface area contributed by atoms with Crippen molar-refractivity contribution in [1.82, 2.24) is 35.1 Å². The van der Waals surface area contributed by atoms with E-state index >= 15 is 0 Å². The molecule has 0 bridgehead atoms. The van der Waals surface area contributed by atoms with Gasteiger partial charge in [0.2, 0.25) is 5.91 Å². The molecule has 0 saturated heterocycles. The summed E-state index contributed by atoms with van der Waals surface area (Å²) in [5, 5.41) is 10.4. The smallest absolute Gasteiger partial charge is 0.224 e. The van der Waals surface area contributed by atoms with Crippen molar-refractivity contribution in [3.05, 3.63) is 72.7 Å². The van der Waals surface area contributed by atoms with E-state index in [0.29, 0.717) is 40.5 Å². The van der Waals surface area contributed by atoms with Crippen LogP contribution in [0.25, 0.3) is 56.1 Å². The standard InChI is InChI=1S/C27H22N8O/c1-3-22(36)30-18-12-17(13-28-14-18)20-7-8-21-24(31-20)25(35-34-21)27-32-23-19(9-10-29-26(23)33-27)16-6-4-5-15(2)11-16/h4-14H,3H2,1-2H3,(H,30,36)(H,34,35)(H,29,32,33). The van der Waals surface area contributed by atoms with Crippen LogP contribution in [0, 0.1) is 6.92 Å². The van der Waals surface area contributed by atoms with Gasteiger partial charge in [-0.2, -0.15) is 5.10 Å². The van der Waals surface area contributed by atoms with Crippen molar-refractivity contribution >= 4 is 33.8 Å². The Labute approximate surface area is 206 Å². The fraction of sp³-hybridized carbons (Fsp3) is 0.111. The minimum atomic E-state index is -0.0713. The number of anilines is 1. The van der Waals surface area contributed by atoms with Gasteiger partial charge in [-0.05, 0) is 36.8 Å². The molecule has 1 amide bonds. The van der Waals surface area contributed by atoms with Crippen molar-refractivity contribution < 1.29 is 4.79 Å². The number of hydrogen-bond donors (Lipinski definition) is 3. The Balaban J connectivity index is 1.43. The molecule has 0 aliphatic rings. The summed E-state index contributed by atoms with van der Waals surface area (Å²) in [6.45, 7) is 3.88. The van der Waals surface area contributed by atoms with Gasteiger partial charge in [-0.15, -0.1) is 0 Å². The van der Waals surface area contributed by atoms with E-state index in [1.165, 1.54) is 5.56 Å². The average Bonchev–Trinajstić information content (AvgIpc) is 3.52. The Bertz CT molecular complexity index is 1750. The molecule has 36 heavy (non-hydrogen) atoms. The minimum absolute atomic E-state index is 0.0713. The molecule has 9 heteroatoms. The number of imidazole rings is 1. The van der Waals surface area contributed by atoms with Crippen molar-refractivity contribution in [2.24, 2.45) is 0 Å². The second-order valence-electron chi connectivity index (χ2n) is 8.54. The van der Waals surface area contributed by atoms with E-state index in [0.717, 1.165) is 27.7 Å². The van der Waals surface area contributed by atoms with E-state index in [-0.39, 0.29) is 5.91 Å². The number of pyridine rings is 3. The summed E-state index contributed by atoms with van der Waals surface area (Å²) >= 11 is 0. The molecule has 0 aliphatic heterocycles. The number of aromatic nitrogens is 7. The number of carbonyl (C=O) groups is 1. The maximum absolute atomic E-state index is 11.8. The van der Waals surface area contributed by atoms with E-state index in [9.17, 15) is 4.79 Å². The number of aromatic amines is 2. The first-order valence-electron chi connectivity index (χ1n) is 11.6. The number of amides is 1. The highest BCUT2D eigenvalue weighted by Crippen LogP contribution is 2.31. The van der Waals surface area contributed by atoms with Crippen LogP contribution in [0.2, 0.25) is 0 Å². The number of aryl methyl sites for hydroxylation is 1. The van der Waals surface area contributed by atoms with Gasteiger partial charge in [0.1, 0.15) is 5.52 Å². The molecule has 0 saturated carbocycles. The summed E-state index contributed by atoms with van der Waals surface area (Å²) in [7, 11) is 0. The van der Waals surface area contributed by atoms with E-state index in [1.54, 1.807) is 25.5 Å². The van der Waals surface area contributed by atoms with Gasteiger partial charge < -0.3 is 10.3 Å². The molecule has 6 rings (SSSR count). The van der Waals surface area contributed by atoms with Crippen molar-refractivity contribution in [3.8, 4) is 33.9 Å². The quantitative estimate of drug-likeness (QED) is 0.312. The average molecular weight is 475 g/mol.